The molecule has 2 aromatic rings. The van der Waals surface area contributed by atoms with Gasteiger partial charge in [-0.25, -0.2) is 13.2 Å². The Hall–Kier alpha value is -2.60. The number of carboxylic acid groups (broad SMARTS) is 1. The zero-order valence-electron chi connectivity index (χ0n) is 12.6. The lowest BCUT2D eigenvalue weighted by Crippen LogP contribution is -2.02. The molecule has 0 heterocycles. The maximum atomic E-state index is 11.4. The zero-order valence-corrected chi connectivity index (χ0v) is 13.4. The molecule has 0 aliphatic heterocycles. The quantitative estimate of drug-likeness (QED) is 0.795. The molecule has 0 atom stereocenters. The van der Waals surface area contributed by atoms with Crippen LogP contribution in [0.1, 0.15) is 11.1 Å². The largest absolute Gasteiger partial charge is 0.478 e. The second-order valence-corrected chi connectivity index (χ2v) is 7.04. The molecule has 6 heteroatoms. The van der Waals surface area contributed by atoms with Gasteiger partial charge in [-0.1, -0.05) is 30.3 Å². The molecule has 0 spiro atoms. The van der Waals surface area contributed by atoms with E-state index in [1.165, 1.54) is 12.3 Å². The van der Waals surface area contributed by atoms with Crippen molar-refractivity contribution >= 4 is 27.6 Å². The minimum absolute atomic E-state index is 0.283. The van der Waals surface area contributed by atoms with Gasteiger partial charge in [0.25, 0.3) is 0 Å². The predicted molar refractivity (Wildman–Crippen MR) is 90.0 cm³/mol. The predicted octanol–water partition coefficient (Wildman–Crippen LogP) is 2.80. The number of benzene rings is 2. The molecule has 0 aliphatic carbocycles. The number of aliphatic carboxylic acids is 1. The summed E-state index contributed by atoms with van der Waals surface area (Å²) in [7, 11) is -3.19. The molecule has 2 aromatic carbocycles. The number of hydrogen-bond donors (Lipinski definition) is 2. The minimum Gasteiger partial charge on any atom is -0.478 e. The van der Waals surface area contributed by atoms with Gasteiger partial charge in [-0.05, 0) is 35.4 Å². The van der Waals surface area contributed by atoms with Gasteiger partial charge in [0, 0.05) is 24.6 Å². The Kier molecular flexibility index (Phi) is 5.18. The summed E-state index contributed by atoms with van der Waals surface area (Å²) in [6, 6.07) is 14.0. The number of carbonyl (C=O) groups is 1. The number of carboxylic acids is 1. The standard InChI is InChI=1S/C17H17NO4S/c1-23(21,22)15-9-6-13(7-10-15)12-18-16-5-3-2-4-14(16)8-11-17(19)20/h2-11,18H,12H2,1H3,(H,19,20)/b11-8+. The van der Waals surface area contributed by atoms with Gasteiger partial charge in [-0.2, -0.15) is 0 Å². The maximum absolute atomic E-state index is 11.4. The maximum Gasteiger partial charge on any atom is 0.328 e. The molecule has 2 N–H and O–H groups in total. The number of rotatable bonds is 6. The third-order valence-corrected chi connectivity index (χ3v) is 4.33. The lowest BCUT2D eigenvalue weighted by molar-refractivity contribution is -0.131. The molecule has 0 saturated carbocycles. The van der Waals surface area contributed by atoms with E-state index < -0.39 is 15.8 Å². The average molecular weight is 331 g/mol. The molecule has 2 rings (SSSR count). The average Bonchev–Trinajstić information content (AvgIpc) is 2.51. The summed E-state index contributed by atoms with van der Waals surface area (Å²) >= 11 is 0. The van der Waals surface area contributed by atoms with Crippen LogP contribution in [0.15, 0.2) is 59.5 Å². The highest BCUT2D eigenvalue weighted by molar-refractivity contribution is 7.90. The van der Waals surface area contributed by atoms with E-state index in [1.54, 1.807) is 24.3 Å². The molecule has 0 radical (unpaired) electrons. The fourth-order valence-corrected chi connectivity index (χ4v) is 2.65. The van der Waals surface area contributed by atoms with Crippen LogP contribution in [-0.2, 0) is 21.2 Å². The molecule has 0 fully saturated rings. The molecule has 0 amide bonds. The summed E-state index contributed by atoms with van der Waals surface area (Å²) in [4.78, 5) is 10.9. The van der Waals surface area contributed by atoms with Crippen LogP contribution in [0.5, 0.6) is 0 Å². The van der Waals surface area contributed by atoms with Crippen LogP contribution in [0.25, 0.3) is 6.08 Å². The van der Waals surface area contributed by atoms with E-state index in [9.17, 15) is 13.2 Å². The van der Waals surface area contributed by atoms with Crippen molar-refractivity contribution in [1.82, 2.24) is 0 Å². The number of nitrogens with one attached hydrogen (secondary N) is 1. The summed E-state index contributed by atoms with van der Waals surface area (Å²) in [6.45, 7) is 0.502. The van der Waals surface area contributed by atoms with Crippen molar-refractivity contribution in [2.24, 2.45) is 0 Å². The van der Waals surface area contributed by atoms with Gasteiger partial charge in [-0.3, -0.25) is 0 Å². The molecule has 0 aliphatic rings. The van der Waals surface area contributed by atoms with Crippen LogP contribution in [0, 0.1) is 0 Å². The van der Waals surface area contributed by atoms with E-state index in [0.29, 0.717) is 6.54 Å². The fraction of sp³-hybridized carbons (Fsp3) is 0.118. The summed E-state index contributed by atoms with van der Waals surface area (Å²) < 4.78 is 22.8. The second kappa shape index (κ2) is 7.11. The molecule has 0 bridgehead atoms. The topological polar surface area (TPSA) is 83.5 Å². The van der Waals surface area contributed by atoms with Gasteiger partial charge in [-0.15, -0.1) is 0 Å². The fourth-order valence-electron chi connectivity index (χ4n) is 2.02. The highest BCUT2D eigenvalue weighted by Gasteiger charge is 2.06. The van der Waals surface area contributed by atoms with Crippen LogP contribution in [0.3, 0.4) is 0 Å². The monoisotopic (exact) mass is 331 g/mol. The second-order valence-electron chi connectivity index (χ2n) is 5.03. The first-order chi connectivity index (χ1) is 10.9. The SMILES string of the molecule is CS(=O)(=O)c1ccc(CNc2ccccc2/C=C/C(=O)O)cc1. The number of anilines is 1. The van der Waals surface area contributed by atoms with Crippen molar-refractivity contribution in [2.45, 2.75) is 11.4 Å². The molecular weight excluding hydrogens is 314 g/mol. The summed E-state index contributed by atoms with van der Waals surface area (Å²) in [5.74, 6) is -1.00. The normalized spacial score (nSPS) is 11.5. The van der Waals surface area contributed by atoms with Crippen molar-refractivity contribution in [3.8, 4) is 0 Å². The molecule has 5 nitrogen and oxygen atoms in total. The first-order valence-corrected chi connectivity index (χ1v) is 8.78. The Bertz CT molecular complexity index is 824. The molecular formula is C17H17NO4S. The Morgan fingerprint density at radius 3 is 2.39 bits per heavy atom. The van der Waals surface area contributed by atoms with Gasteiger partial charge in [0.15, 0.2) is 9.84 Å². The first kappa shape index (κ1) is 16.8. The van der Waals surface area contributed by atoms with E-state index in [-0.39, 0.29) is 4.90 Å². The van der Waals surface area contributed by atoms with Crippen LogP contribution in [-0.4, -0.2) is 25.7 Å². The number of hydrogen-bond acceptors (Lipinski definition) is 4. The zero-order chi connectivity index (χ0) is 16.9. The van der Waals surface area contributed by atoms with E-state index in [2.05, 4.69) is 5.32 Å². The Morgan fingerprint density at radius 2 is 1.78 bits per heavy atom. The van der Waals surface area contributed by atoms with Crippen molar-refractivity contribution in [3.63, 3.8) is 0 Å². The van der Waals surface area contributed by atoms with Gasteiger partial charge >= 0.3 is 5.97 Å². The van der Waals surface area contributed by atoms with Crippen molar-refractivity contribution in [3.05, 3.63) is 65.7 Å². The Balaban J connectivity index is 2.11. The van der Waals surface area contributed by atoms with Crippen molar-refractivity contribution < 1.29 is 18.3 Å². The lowest BCUT2D eigenvalue weighted by atomic mass is 10.1. The summed E-state index contributed by atoms with van der Waals surface area (Å²) in [6.07, 6.45) is 3.78. The van der Waals surface area contributed by atoms with Crippen LogP contribution < -0.4 is 5.32 Å². The lowest BCUT2D eigenvalue weighted by Gasteiger charge is -2.10. The van der Waals surface area contributed by atoms with E-state index >= 15 is 0 Å². The Morgan fingerprint density at radius 1 is 1.13 bits per heavy atom. The molecule has 0 saturated heterocycles. The Labute approximate surface area is 135 Å². The van der Waals surface area contributed by atoms with Gasteiger partial charge < -0.3 is 10.4 Å². The molecule has 23 heavy (non-hydrogen) atoms. The molecule has 120 valence electrons. The van der Waals surface area contributed by atoms with Crippen molar-refractivity contribution in [2.75, 3.05) is 11.6 Å². The third-order valence-electron chi connectivity index (χ3n) is 3.20. The highest BCUT2D eigenvalue weighted by Crippen LogP contribution is 2.18. The minimum atomic E-state index is -3.19. The van der Waals surface area contributed by atoms with Gasteiger partial charge in [0.05, 0.1) is 4.90 Å². The molecule has 0 unspecified atom stereocenters. The third kappa shape index (κ3) is 4.96. The van der Waals surface area contributed by atoms with E-state index in [0.717, 1.165) is 22.9 Å². The van der Waals surface area contributed by atoms with Crippen LogP contribution in [0.4, 0.5) is 5.69 Å². The van der Waals surface area contributed by atoms with Crippen molar-refractivity contribution in [1.29, 1.82) is 0 Å². The van der Waals surface area contributed by atoms with E-state index in [1.807, 2.05) is 24.3 Å². The van der Waals surface area contributed by atoms with Crippen LogP contribution in [0.2, 0.25) is 0 Å². The number of sulfone groups is 1. The van der Waals surface area contributed by atoms with E-state index in [4.69, 9.17) is 5.11 Å². The molecule has 0 aromatic heterocycles. The first-order valence-electron chi connectivity index (χ1n) is 6.89. The van der Waals surface area contributed by atoms with Gasteiger partial charge in [0.1, 0.15) is 0 Å². The van der Waals surface area contributed by atoms with Crippen LogP contribution >= 0.6 is 0 Å². The van der Waals surface area contributed by atoms with Gasteiger partial charge in [0.2, 0.25) is 0 Å². The number of para-hydroxylation sites is 1. The summed E-state index contributed by atoms with van der Waals surface area (Å²) in [5, 5.41) is 11.9. The smallest absolute Gasteiger partial charge is 0.328 e. The summed E-state index contributed by atoms with van der Waals surface area (Å²) in [5.41, 5.74) is 2.49. The highest BCUT2D eigenvalue weighted by atomic mass is 32.2.